The van der Waals surface area contributed by atoms with E-state index in [1.165, 1.54) is 25.7 Å². The SMILES string of the molecule is O=C1C2=C(CCCCCCCC2)C1(Cl)Cl. The molecule has 0 radical (unpaired) electrons. The van der Waals surface area contributed by atoms with Crippen LogP contribution in [0.5, 0.6) is 0 Å². The highest BCUT2D eigenvalue weighted by atomic mass is 35.5. The number of carbonyl (C=O) groups excluding carboxylic acids is 1. The highest BCUT2D eigenvalue weighted by molar-refractivity contribution is 6.64. The number of rotatable bonds is 0. The maximum atomic E-state index is 11.7. The normalized spacial score (nSPS) is 26.9. The molecule has 0 spiro atoms. The number of alkyl halides is 2. The molecule has 1 nitrogen and oxygen atoms in total. The number of Topliss-reactive ketones (excluding diaryl/α,β-unsaturated/α-hetero) is 1. The number of hydrogen-bond acceptors (Lipinski definition) is 1. The number of ketones is 1. The summed E-state index contributed by atoms with van der Waals surface area (Å²) in [5.74, 6) is -0.0404. The van der Waals surface area contributed by atoms with Crippen molar-refractivity contribution in [2.45, 2.75) is 55.7 Å². The van der Waals surface area contributed by atoms with Crippen LogP contribution >= 0.6 is 23.2 Å². The third kappa shape index (κ3) is 2.09. The van der Waals surface area contributed by atoms with Crippen LogP contribution < -0.4 is 0 Å². The average molecular weight is 247 g/mol. The Hall–Kier alpha value is -0.0100. The molecule has 0 atom stereocenters. The summed E-state index contributed by atoms with van der Waals surface area (Å²) >= 11 is 12.0. The number of allylic oxidation sites excluding steroid dienone is 2. The minimum Gasteiger partial charge on any atom is -0.291 e. The number of carbonyl (C=O) groups is 1. The molecule has 15 heavy (non-hydrogen) atoms. The van der Waals surface area contributed by atoms with Gasteiger partial charge in [-0.15, -0.1) is 0 Å². The molecule has 0 saturated carbocycles. The van der Waals surface area contributed by atoms with E-state index in [1.54, 1.807) is 0 Å². The molecule has 0 aromatic heterocycles. The first-order chi connectivity index (χ1) is 7.14. The lowest BCUT2D eigenvalue weighted by Gasteiger charge is -2.35. The average Bonchev–Trinajstić information content (AvgIpc) is 2.24. The Morgan fingerprint density at radius 3 is 2.07 bits per heavy atom. The summed E-state index contributed by atoms with van der Waals surface area (Å²) < 4.78 is -1.17. The van der Waals surface area contributed by atoms with E-state index in [1.807, 2.05) is 0 Å². The van der Waals surface area contributed by atoms with Crippen LogP contribution in [0, 0.1) is 0 Å². The lowest BCUT2D eigenvalue weighted by atomic mass is 9.79. The molecule has 3 heteroatoms. The fourth-order valence-electron chi connectivity index (χ4n) is 2.47. The zero-order valence-electron chi connectivity index (χ0n) is 8.82. The Morgan fingerprint density at radius 1 is 0.867 bits per heavy atom. The van der Waals surface area contributed by atoms with Crippen LogP contribution in [0.1, 0.15) is 51.4 Å². The molecule has 0 amide bonds. The zero-order valence-corrected chi connectivity index (χ0v) is 10.3. The van der Waals surface area contributed by atoms with Crippen molar-refractivity contribution in [1.29, 1.82) is 0 Å². The molecule has 2 aliphatic rings. The van der Waals surface area contributed by atoms with Crippen molar-refractivity contribution >= 4 is 29.0 Å². The lowest BCUT2D eigenvalue weighted by molar-refractivity contribution is -0.117. The van der Waals surface area contributed by atoms with E-state index in [0.29, 0.717) is 0 Å². The molecule has 84 valence electrons. The van der Waals surface area contributed by atoms with E-state index in [4.69, 9.17) is 23.2 Å². The minimum absolute atomic E-state index is 0.0404. The molecule has 0 aliphatic heterocycles. The Bertz CT molecular complexity index is 305. The van der Waals surface area contributed by atoms with Crippen molar-refractivity contribution < 1.29 is 4.79 Å². The van der Waals surface area contributed by atoms with Crippen molar-refractivity contribution in [3.63, 3.8) is 0 Å². The predicted octanol–water partition coefficient (Wildman–Crippen LogP) is 4.17. The van der Waals surface area contributed by atoms with Crippen molar-refractivity contribution in [2.75, 3.05) is 0 Å². The van der Waals surface area contributed by atoms with Gasteiger partial charge in [0.25, 0.3) is 0 Å². The summed E-state index contributed by atoms with van der Waals surface area (Å²) in [6, 6.07) is 0. The second-order valence-electron chi connectivity index (χ2n) is 4.48. The van der Waals surface area contributed by atoms with Gasteiger partial charge in [-0.1, -0.05) is 48.9 Å². The Balaban J connectivity index is 2.14. The van der Waals surface area contributed by atoms with E-state index < -0.39 is 4.33 Å². The Morgan fingerprint density at radius 2 is 1.40 bits per heavy atom. The Labute approximate surface area is 101 Å². The van der Waals surface area contributed by atoms with Gasteiger partial charge in [0.1, 0.15) is 0 Å². The fourth-order valence-corrected chi connectivity index (χ4v) is 3.12. The first-order valence-corrected chi connectivity index (χ1v) is 6.55. The molecule has 2 rings (SSSR count). The third-order valence-corrected chi connectivity index (χ3v) is 4.21. The van der Waals surface area contributed by atoms with Crippen LogP contribution in [-0.2, 0) is 4.79 Å². The van der Waals surface area contributed by atoms with Crippen LogP contribution in [-0.4, -0.2) is 10.1 Å². The molecule has 0 bridgehead atoms. The largest absolute Gasteiger partial charge is 0.291 e. The van der Waals surface area contributed by atoms with E-state index in [0.717, 1.165) is 36.8 Å². The molecule has 0 N–H and O–H groups in total. The lowest BCUT2D eigenvalue weighted by Crippen LogP contribution is -2.41. The van der Waals surface area contributed by atoms with Gasteiger partial charge in [-0.3, -0.25) is 4.79 Å². The quantitative estimate of drug-likeness (QED) is 0.587. The van der Waals surface area contributed by atoms with Gasteiger partial charge in [-0.05, 0) is 31.3 Å². The van der Waals surface area contributed by atoms with Gasteiger partial charge in [0, 0.05) is 5.57 Å². The monoisotopic (exact) mass is 246 g/mol. The molecular weight excluding hydrogens is 231 g/mol. The van der Waals surface area contributed by atoms with Crippen molar-refractivity contribution in [3.8, 4) is 0 Å². The van der Waals surface area contributed by atoms with Crippen molar-refractivity contribution in [1.82, 2.24) is 0 Å². The van der Waals surface area contributed by atoms with Crippen LogP contribution in [0.2, 0.25) is 0 Å². The summed E-state index contributed by atoms with van der Waals surface area (Å²) in [6.45, 7) is 0. The zero-order chi connectivity index (χ0) is 10.9. The molecule has 0 fully saturated rings. The van der Waals surface area contributed by atoms with Crippen LogP contribution in [0.25, 0.3) is 0 Å². The topological polar surface area (TPSA) is 17.1 Å². The highest BCUT2D eigenvalue weighted by Gasteiger charge is 2.49. The van der Waals surface area contributed by atoms with E-state index in [2.05, 4.69) is 0 Å². The summed E-state index contributed by atoms with van der Waals surface area (Å²) in [4.78, 5) is 11.7. The summed E-state index contributed by atoms with van der Waals surface area (Å²) in [5.41, 5.74) is 1.94. The molecule has 0 heterocycles. The van der Waals surface area contributed by atoms with Crippen LogP contribution in [0.3, 0.4) is 0 Å². The second-order valence-corrected chi connectivity index (χ2v) is 5.81. The summed E-state index contributed by atoms with van der Waals surface area (Å²) in [6.07, 6.45) is 9.07. The highest BCUT2D eigenvalue weighted by Crippen LogP contribution is 2.48. The van der Waals surface area contributed by atoms with E-state index in [-0.39, 0.29) is 5.78 Å². The molecule has 0 saturated heterocycles. The van der Waals surface area contributed by atoms with Gasteiger partial charge < -0.3 is 0 Å². The first-order valence-electron chi connectivity index (χ1n) is 5.79. The van der Waals surface area contributed by atoms with Crippen molar-refractivity contribution in [2.24, 2.45) is 0 Å². The number of hydrogen-bond donors (Lipinski definition) is 0. The fraction of sp³-hybridized carbons (Fsp3) is 0.750. The molecule has 2 aliphatic carbocycles. The summed E-state index contributed by atoms with van der Waals surface area (Å²) in [7, 11) is 0. The predicted molar refractivity (Wildman–Crippen MR) is 63.4 cm³/mol. The van der Waals surface area contributed by atoms with Gasteiger partial charge in [-0.2, -0.15) is 0 Å². The molecule has 0 aromatic carbocycles. The maximum Gasteiger partial charge on any atom is 0.201 e. The van der Waals surface area contributed by atoms with E-state index in [9.17, 15) is 4.79 Å². The molecule has 0 unspecified atom stereocenters. The smallest absolute Gasteiger partial charge is 0.201 e. The first kappa shape index (κ1) is 11.5. The third-order valence-electron chi connectivity index (χ3n) is 3.41. The van der Waals surface area contributed by atoms with Gasteiger partial charge in [0.05, 0.1) is 0 Å². The molecular formula is C12H16Cl2O. The van der Waals surface area contributed by atoms with E-state index >= 15 is 0 Å². The van der Waals surface area contributed by atoms with Crippen molar-refractivity contribution in [3.05, 3.63) is 11.1 Å². The van der Waals surface area contributed by atoms with Crippen LogP contribution in [0.4, 0.5) is 0 Å². The maximum absolute atomic E-state index is 11.7. The molecule has 0 aromatic rings. The minimum atomic E-state index is -1.17. The second kappa shape index (κ2) is 4.47. The van der Waals surface area contributed by atoms with Gasteiger partial charge >= 0.3 is 0 Å². The Kier molecular flexibility index (Phi) is 3.42. The summed E-state index contributed by atoms with van der Waals surface area (Å²) in [5, 5.41) is 0. The van der Waals surface area contributed by atoms with Crippen LogP contribution in [0.15, 0.2) is 11.1 Å². The van der Waals surface area contributed by atoms with Gasteiger partial charge in [-0.25, -0.2) is 0 Å². The standard InChI is InChI=1S/C12H16Cl2O/c13-12(14)10-8-6-4-2-1-3-5-7-9(10)11(12)15/h1-8H2. The number of halogens is 2. The van der Waals surface area contributed by atoms with Gasteiger partial charge in [0.2, 0.25) is 4.33 Å². The van der Waals surface area contributed by atoms with Gasteiger partial charge in [0.15, 0.2) is 5.78 Å².